The van der Waals surface area contributed by atoms with E-state index in [0.29, 0.717) is 26.6 Å². The zero-order chi connectivity index (χ0) is 18.4. The van der Waals surface area contributed by atoms with Crippen molar-refractivity contribution in [1.82, 2.24) is 0 Å². The number of anilines is 1. The summed E-state index contributed by atoms with van der Waals surface area (Å²) < 4.78 is 5.10. The molecule has 6 nitrogen and oxygen atoms in total. The third-order valence-electron chi connectivity index (χ3n) is 3.34. The molecule has 0 bridgehead atoms. The molecule has 0 aromatic heterocycles. The van der Waals surface area contributed by atoms with E-state index in [0.717, 1.165) is 0 Å². The van der Waals surface area contributed by atoms with Gasteiger partial charge in [0.2, 0.25) is 18.2 Å². The zero-order valence-electron chi connectivity index (χ0n) is 13.8. The van der Waals surface area contributed by atoms with Crippen LogP contribution in [0.25, 0.3) is 0 Å². The fourth-order valence-electron chi connectivity index (χ4n) is 2.30. The Balaban J connectivity index is 2.68. The van der Waals surface area contributed by atoms with Gasteiger partial charge in [-0.3, -0.25) is 4.79 Å². The molecular weight excluding hydrogens is 344 g/mol. The van der Waals surface area contributed by atoms with Gasteiger partial charge < -0.3 is 15.3 Å². The lowest BCUT2D eigenvalue weighted by Gasteiger charge is -2.15. The second kappa shape index (κ2) is 8.30. The molecule has 0 radical (unpaired) electrons. The van der Waals surface area contributed by atoms with Gasteiger partial charge in [0.05, 0.1) is 18.4 Å². The molecule has 0 saturated carbocycles. The van der Waals surface area contributed by atoms with Crippen LogP contribution < -0.4 is 5.32 Å². The highest BCUT2D eigenvalue weighted by Gasteiger charge is 2.22. The van der Waals surface area contributed by atoms with Crippen molar-refractivity contribution in [2.75, 3.05) is 19.0 Å². The van der Waals surface area contributed by atoms with Crippen LogP contribution in [0.2, 0.25) is 5.02 Å². The minimum absolute atomic E-state index is 0.206. The number of esters is 1. The van der Waals surface area contributed by atoms with Gasteiger partial charge in [-0.25, -0.2) is 4.79 Å². The van der Waals surface area contributed by atoms with E-state index in [1.54, 1.807) is 42.5 Å². The monoisotopic (exact) mass is 360 g/mol. The van der Waals surface area contributed by atoms with Crippen molar-refractivity contribution in [3.8, 4) is 0 Å². The highest BCUT2D eigenvalue weighted by Crippen LogP contribution is 2.24. The first kappa shape index (κ1) is 18.5. The van der Waals surface area contributed by atoms with Crippen LogP contribution >= 0.6 is 11.6 Å². The number of carbonyl (C=O) groups excluding carboxylic acids is 2. The number of nitrogens with zero attached hydrogens (tertiary/aromatic N) is 1. The smallest absolute Gasteiger partial charge is 0.373 e. The molecule has 0 unspecified atom stereocenters. The SMILES string of the molecule is COC(=O)C[N+]([O-])=C(c1ccccc1)c1cc(Cl)ccc1NC(C)=O. The lowest BCUT2D eigenvalue weighted by atomic mass is 10.00. The summed E-state index contributed by atoms with van der Waals surface area (Å²) in [5, 5.41) is 15.8. The first-order valence-electron chi connectivity index (χ1n) is 7.43. The van der Waals surface area contributed by atoms with E-state index in [4.69, 9.17) is 11.6 Å². The molecule has 130 valence electrons. The summed E-state index contributed by atoms with van der Waals surface area (Å²) in [6, 6.07) is 13.6. The lowest BCUT2D eigenvalue weighted by Crippen LogP contribution is -2.26. The van der Waals surface area contributed by atoms with Gasteiger partial charge in [-0.2, -0.15) is 4.74 Å². The van der Waals surface area contributed by atoms with Gasteiger partial charge in [-0.05, 0) is 30.3 Å². The summed E-state index contributed by atoms with van der Waals surface area (Å²) in [6.45, 7) is 0.872. The first-order chi connectivity index (χ1) is 11.9. The van der Waals surface area contributed by atoms with Crippen LogP contribution in [0.3, 0.4) is 0 Å². The third-order valence-corrected chi connectivity index (χ3v) is 3.58. The molecule has 1 amide bonds. The standard InChI is InChI=1S/C18H17ClN2O4/c1-12(22)20-16-9-8-14(19)10-15(16)18(13-6-4-3-5-7-13)21(24)11-17(23)25-2/h3-10H,11H2,1-2H3,(H,20,22). The summed E-state index contributed by atoms with van der Waals surface area (Å²) >= 11 is 6.08. The number of carbonyl (C=O) groups is 2. The number of ether oxygens (including phenoxy) is 1. The Labute approximate surface area is 150 Å². The van der Waals surface area contributed by atoms with Crippen LogP contribution in [-0.4, -0.2) is 36.0 Å². The number of hydrogen-bond acceptors (Lipinski definition) is 4. The Bertz CT molecular complexity index is 819. The zero-order valence-corrected chi connectivity index (χ0v) is 14.5. The minimum atomic E-state index is -0.675. The molecule has 0 atom stereocenters. The molecule has 25 heavy (non-hydrogen) atoms. The predicted molar refractivity (Wildman–Crippen MR) is 95.9 cm³/mol. The van der Waals surface area contributed by atoms with Crippen LogP contribution in [0.1, 0.15) is 18.1 Å². The summed E-state index contributed by atoms with van der Waals surface area (Å²) in [5.41, 5.74) is 1.61. The van der Waals surface area contributed by atoms with Gasteiger partial charge in [0.25, 0.3) is 0 Å². The van der Waals surface area contributed by atoms with Gasteiger partial charge in [0.15, 0.2) is 0 Å². The van der Waals surface area contributed by atoms with E-state index >= 15 is 0 Å². The Kier molecular flexibility index (Phi) is 6.14. The molecule has 1 N–H and O–H groups in total. The van der Waals surface area contributed by atoms with Crippen molar-refractivity contribution >= 4 is 34.9 Å². The average Bonchev–Trinajstić information content (AvgIpc) is 2.58. The highest BCUT2D eigenvalue weighted by molar-refractivity contribution is 6.31. The van der Waals surface area contributed by atoms with Crippen LogP contribution in [-0.2, 0) is 14.3 Å². The number of rotatable bonds is 5. The molecule has 0 aliphatic rings. The molecule has 2 aromatic rings. The number of amides is 1. The summed E-state index contributed by atoms with van der Waals surface area (Å²) in [4.78, 5) is 23.0. The molecule has 0 aliphatic carbocycles. The van der Waals surface area contributed by atoms with Crippen molar-refractivity contribution < 1.29 is 19.1 Å². The van der Waals surface area contributed by atoms with E-state index in [1.165, 1.54) is 14.0 Å². The molecule has 0 aliphatic heterocycles. The molecule has 2 rings (SSSR count). The van der Waals surface area contributed by atoms with E-state index in [-0.39, 0.29) is 11.6 Å². The molecule has 0 saturated heterocycles. The van der Waals surface area contributed by atoms with Crippen LogP contribution in [0.4, 0.5) is 5.69 Å². The van der Waals surface area contributed by atoms with Crippen molar-refractivity contribution in [1.29, 1.82) is 0 Å². The third kappa shape index (κ3) is 4.81. The maximum atomic E-state index is 12.7. The minimum Gasteiger partial charge on any atom is -0.623 e. The normalized spacial score (nSPS) is 11.5. The van der Waals surface area contributed by atoms with Crippen LogP contribution in [0, 0.1) is 5.21 Å². The highest BCUT2D eigenvalue weighted by atomic mass is 35.5. The molecular formula is C18H17ClN2O4. The number of methoxy groups -OCH3 is 1. The lowest BCUT2D eigenvalue weighted by molar-refractivity contribution is -0.447. The predicted octanol–water partition coefficient (Wildman–Crippen LogP) is 2.82. The fourth-order valence-corrected chi connectivity index (χ4v) is 2.47. The maximum absolute atomic E-state index is 12.7. The van der Waals surface area contributed by atoms with Crippen molar-refractivity contribution in [2.45, 2.75) is 6.92 Å². The number of hydrogen-bond donors (Lipinski definition) is 1. The van der Waals surface area contributed by atoms with Crippen molar-refractivity contribution in [2.24, 2.45) is 0 Å². The largest absolute Gasteiger partial charge is 0.623 e. The Hall–Kier alpha value is -2.86. The number of halogens is 1. The second-order valence-electron chi connectivity index (χ2n) is 5.20. The van der Waals surface area contributed by atoms with Crippen LogP contribution in [0.5, 0.6) is 0 Å². The molecule has 2 aromatic carbocycles. The number of nitrogens with one attached hydrogen (secondary N) is 1. The van der Waals surface area contributed by atoms with E-state index in [2.05, 4.69) is 10.1 Å². The second-order valence-corrected chi connectivity index (χ2v) is 5.63. The van der Waals surface area contributed by atoms with E-state index in [9.17, 15) is 14.8 Å². The maximum Gasteiger partial charge on any atom is 0.373 e. The summed E-state index contributed by atoms with van der Waals surface area (Å²) in [6.07, 6.45) is 0. The molecule has 0 fully saturated rings. The molecule has 0 spiro atoms. The quantitative estimate of drug-likeness (QED) is 0.292. The van der Waals surface area contributed by atoms with Crippen LogP contribution in [0.15, 0.2) is 48.5 Å². The van der Waals surface area contributed by atoms with Gasteiger partial charge in [-0.15, -0.1) is 0 Å². The fraction of sp³-hybridized carbons (Fsp3) is 0.167. The van der Waals surface area contributed by atoms with Gasteiger partial charge >= 0.3 is 5.97 Å². The Morgan fingerprint density at radius 3 is 2.48 bits per heavy atom. The topological polar surface area (TPSA) is 81.5 Å². The number of hydroxylamine groups is 1. The van der Waals surface area contributed by atoms with E-state index in [1.807, 2.05) is 6.07 Å². The summed E-state index contributed by atoms with van der Waals surface area (Å²) in [7, 11) is 1.21. The average molecular weight is 361 g/mol. The summed E-state index contributed by atoms with van der Waals surface area (Å²) in [5.74, 6) is -0.965. The van der Waals surface area contributed by atoms with Gasteiger partial charge in [0.1, 0.15) is 0 Å². The molecule has 7 heteroatoms. The van der Waals surface area contributed by atoms with Crippen molar-refractivity contribution in [3.05, 3.63) is 69.9 Å². The first-order valence-corrected chi connectivity index (χ1v) is 7.81. The number of benzene rings is 2. The van der Waals surface area contributed by atoms with E-state index < -0.39 is 12.5 Å². The van der Waals surface area contributed by atoms with Gasteiger partial charge in [0, 0.05) is 17.5 Å². The Morgan fingerprint density at radius 1 is 1.20 bits per heavy atom. The Morgan fingerprint density at radius 2 is 1.88 bits per heavy atom. The molecule has 0 heterocycles. The van der Waals surface area contributed by atoms with Gasteiger partial charge in [-0.1, -0.05) is 29.8 Å². The van der Waals surface area contributed by atoms with Crippen molar-refractivity contribution in [3.63, 3.8) is 0 Å².